The third kappa shape index (κ3) is 2.37. The van der Waals surface area contributed by atoms with Gasteiger partial charge in [-0.2, -0.15) is 0 Å². The van der Waals surface area contributed by atoms with E-state index in [-0.39, 0.29) is 0 Å². The van der Waals surface area contributed by atoms with Crippen LogP contribution in [0.15, 0.2) is 42.5 Å². The van der Waals surface area contributed by atoms with Crippen molar-refractivity contribution in [3.8, 4) is 0 Å². The van der Waals surface area contributed by atoms with Gasteiger partial charge in [0.15, 0.2) is 0 Å². The van der Waals surface area contributed by atoms with Gasteiger partial charge in [-0.15, -0.1) is 0 Å². The molecule has 0 radical (unpaired) electrons. The largest absolute Gasteiger partial charge is 0.478 e. The first-order valence-electron chi connectivity index (χ1n) is 6.50. The molecule has 1 aliphatic rings. The minimum absolute atomic E-state index is 0.300. The van der Waals surface area contributed by atoms with Gasteiger partial charge in [0.05, 0.1) is 11.3 Å². The molecule has 4 heteroatoms. The van der Waals surface area contributed by atoms with Crippen LogP contribution in [0.1, 0.15) is 21.5 Å². The van der Waals surface area contributed by atoms with Gasteiger partial charge in [-0.05, 0) is 35.7 Å². The number of benzene rings is 2. The van der Waals surface area contributed by atoms with Crippen LogP contribution < -0.4 is 4.90 Å². The molecule has 0 saturated heterocycles. The van der Waals surface area contributed by atoms with Gasteiger partial charge in [0.2, 0.25) is 0 Å². The number of hydrogen-bond acceptors (Lipinski definition) is 2. The van der Waals surface area contributed by atoms with Gasteiger partial charge < -0.3 is 10.0 Å². The van der Waals surface area contributed by atoms with E-state index >= 15 is 0 Å². The number of aromatic carboxylic acids is 1. The van der Waals surface area contributed by atoms with Crippen LogP contribution in [0.25, 0.3) is 0 Å². The second kappa shape index (κ2) is 5.17. The summed E-state index contributed by atoms with van der Waals surface area (Å²) in [5, 5.41) is 9.87. The number of carboxylic acids is 1. The van der Waals surface area contributed by atoms with E-state index in [1.54, 1.807) is 18.2 Å². The average Bonchev–Trinajstić information content (AvgIpc) is 2.46. The molecule has 2 aromatic rings. The van der Waals surface area contributed by atoms with Crippen LogP contribution >= 0.6 is 11.6 Å². The van der Waals surface area contributed by atoms with E-state index < -0.39 is 5.97 Å². The van der Waals surface area contributed by atoms with Crippen LogP contribution in [-0.4, -0.2) is 17.6 Å². The highest BCUT2D eigenvalue weighted by atomic mass is 35.5. The van der Waals surface area contributed by atoms with Crippen molar-refractivity contribution in [2.45, 2.75) is 13.0 Å². The Balaban J connectivity index is 1.99. The first-order valence-corrected chi connectivity index (χ1v) is 6.87. The fourth-order valence-electron chi connectivity index (χ4n) is 2.65. The number of carboxylic acid groups (broad SMARTS) is 1. The maximum Gasteiger partial charge on any atom is 0.337 e. The minimum atomic E-state index is -0.921. The summed E-state index contributed by atoms with van der Waals surface area (Å²) in [5.41, 5.74) is 3.58. The van der Waals surface area contributed by atoms with Crippen molar-refractivity contribution in [3.63, 3.8) is 0 Å². The van der Waals surface area contributed by atoms with Crippen molar-refractivity contribution in [1.82, 2.24) is 0 Å². The molecule has 0 spiro atoms. The lowest BCUT2D eigenvalue weighted by atomic mass is 9.99. The number of anilines is 1. The SMILES string of the molecule is O=C(O)c1ccc(Cl)cc1N1CCc2ccccc2C1. The first-order chi connectivity index (χ1) is 9.65. The molecule has 0 atom stereocenters. The molecule has 0 saturated carbocycles. The highest BCUT2D eigenvalue weighted by Gasteiger charge is 2.21. The van der Waals surface area contributed by atoms with Gasteiger partial charge in [-0.3, -0.25) is 0 Å². The molecule has 3 nitrogen and oxygen atoms in total. The Morgan fingerprint density at radius 2 is 1.90 bits per heavy atom. The summed E-state index contributed by atoms with van der Waals surface area (Å²) >= 11 is 6.02. The summed E-state index contributed by atoms with van der Waals surface area (Å²) < 4.78 is 0. The number of rotatable bonds is 2. The van der Waals surface area contributed by atoms with Crippen molar-refractivity contribution in [1.29, 1.82) is 0 Å². The molecule has 2 aromatic carbocycles. The van der Waals surface area contributed by atoms with Crippen LogP contribution in [-0.2, 0) is 13.0 Å². The molecule has 0 amide bonds. The van der Waals surface area contributed by atoms with Crippen molar-refractivity contribution in [3.05, 3.63) is 64.2 Å². The first kappa shape index (κ1) is 13.0. The molecule has 1 heterocycles. The van der Waals surface area contributed by atoms with Gasteiger partial charge in [-0.1, -0.05) is 35.9 Å². The summed E-state index contributed by atoms with van der Waals surface area (Å²) in [6.07, 6.45) is 0.918. The molecule has 20 heavy (non-hydrogen) atoms. The summed E-state index contributed by atoms with van der Waals surface area (Å²) in [6, 6.07) is 13.2. The van der Waals surface area contributed by atoms with Gasteiger partial charge in [0, 0.05) is 18.1 Å². The van der Waals surface area contributed by atoms with E-state index in [4.69, 9.17) is 11.6 Å². The molecular weight excluding hydrogens is 274 g/mol. The van der Waals surface area contributed by atoms with E-state index in [2.05, 4.69) is 17.0 Å². The quantitative estimate of drug-likeness (QED) is 0.917. The lowest BCUT2D eigenvalue weighted by molar-refractivity contribution is 0.0697. The zero-order valence-electron chi connectivity index (χ0n) is 10.8. The van der Waals surface area contributed by atoms with E-state index in [1.165, 1.54) is 11.1 Å². The molecular formula is C16H14ClNO2. The van der Waals surface area contributed by atoms with E-state index in [9.17, 15) is 9.90 Å². The Morgan fingerprint density at radius 3 is 2.65 bits per heavy atom. The number of carbonyl (C=O) groups is 1. The zero-order chi connectivity index (χ0) is 14.1. The van der Waals surface area contributed by atoms with Crippen molar-refractivity contribution < 1.29 is 9.90 Å². The average molecular weight is 288 g/mol. The van der Waals surface area contributed by atoms with E-state index in [0.717, 1.165) is 19.5 Å². The lowest BCUT2D eigenvalue weighted by Gasteiger charge is -2.31. The van der Waals surface area contributed by atoms with Gasteiger partial charge in [-0.25, -0.2) is 4.79 Å². The predicted molar refractivity (Wildman–Crippen MR) is 79.6 cm³/mol. The van der Waals surface area contributed by atoms with Crippen LogP contribution in [0.5, 0.6) is 0 Å². The summed E-state index contributed by atoms with van der Waals surface area (Å²) in [4.78, 5) is 13.4. The van der Waals surface area contributed by atoms with Crippen molar-refractivity contribution >= 4 is 23.3 Å². The second-order valence-corrected chi connectivity index (χ2v) is 5.34. The van der Waals surface area contributed by atoms with Crippen molar-refractivity contribution in [2.24, 2.45) is 0 Å². The van der Waals surface area contributed by atoms with Gasteiger partial charge in [0.1, 0.15) is 0 Å². The predicted octanol–water partition coefficient (Wildman–Crippen LogP) is 3.60. The van der Waals surface area contributed by atoms with Crippen molar-refractivity contribution in [2.75, 3.05) is 11.4 Å². The van der Waals surface area contributed by atoms with Gasteiger partial charge in [0.25, 0.3) is 0 Å². The topological polar surface area (TPSA) is 40.5 Å². The molecule has 0 fully saturated rings. The summed E-state index contributed by atoms with van der Waals surface area (Å²) in [5.74, 6) is -0.921. The monoisotopic (exact) mass is 287 g/mol. The van der Waals surface area contributed by atoms with E-state index in [1.807, 2.05) is 12.1 Å². The van der Waals surface area contributed by atoms with Crippen LogP contribution in [0.4, 0.5) is 5.69 Å². The highest BCUT2D eigenvalue weighted by molar-refractivity contribution is 6.31. The minimum Gasteiger partial charge on any atom is -0.478 e. The zero-order valence-corrected chi connectivity index (χ0v) is 11.6. The smallest absolute Gasteiger partial charge is 0.337 e. The molecule has 0 aromatic heterocycles. The van der Waals surface area contributed by atoms with Gasteiger partial charge >= 0.3 is 5.97 Å². The number of halogens is 1. The Hall–Kier alpha value is -2.00. The molecule has 1 N–H and O–H groups in total. The Kier molecular flexibility index (Phi) is 3.36. The number of nitrogens with zero attached hydrogens (tertiary/aromatic N) is 1. The maximum atomic E-state index is 11.4. The Labute approximate surface area is 122 Å². The second-order valence-electron chi connectivity index (χ2n) is 4.91. The maximum absolute atomic E-state index is 11.4. The fourth-order valence-corrected chi connectivity index (χ4v) is 2.81. The number of hydrogen-bond donors (Lipinski definition) is 1. The van der Waals surface area contributed by atoms with Crippen LogP contribution in [0.3, 0.4) is 0 Å². The molecule has 3 rings (SSSR count). The molecule has 1 aliphatic heterocycles. The normalized spacial score (nSPS) is 13.9. The number of fused-ring (bicyclic) bond motifs is 1. The molecule has 0 aliphatic carbocycles. The molecule has 0 unspecified atom stereocenters. The Morgan fingerprint density at radius 1 is 1.15 bits per heavy atom. The molecule has 0 bridgehead atoms. The third-order valence-electron chi connectivity index (χ3n) is 3.66. The lowest BCUT2D eigenvalue weighted by Crippen LogP contribution is -2.31. The summed E-state index contributed by atoms with van der Waals surface area (Å²) in [6.45, 7) is 1.52. The fraction of sp³-hybridized carbons (Fsp3) is 0.188. The third-order valence-corrected chi connectivity index (χ3v) is 3.90. The van der Waals surface area contributed by atoms with Crippen LogP contribution in [0, 0.1) is 0 Å². The highest BCUT2D eigenvalue weighted by Crippen LogP contribution is 2.29. The Bertz CT molecular complexity index is 669. The van der Waals surface area contributed by atoms with Crippen LogP contribution in [0.2, 0.25) is 5.02 Å². The molecule has 102 valence electrons. The summed E-state index contributed by atoms with van der Waals surface area (Å²) in [7, 11) is 0. The standard InChI is InChI=1S/C16H14ClNO2/c17-13-5-6-14(16(19)20)15(9-13)18-8-7-11-3-1-2-4-12(11)10-18/h1-6,9H,7-8,10H2,(H,19,20). The van der Waals surface area contributed by atoms with E-state index in [0.29, 0.717) is 16.3 Å².